The van der Waals surface area contributed by atoms with Gasteiger partial charge in [-0.3, -0.25) is 4.79 Å². The Balaban J connectivity index is 2.55. The molecule has 0 saturated heterocycles. The molecule has 4 nitrogen and oxygen atoms in total. The third kappa shape index (κ3) is 4.87. The number of amides is 1. The van der Waals surface area contributed by atoms with Crippen LogP contribution in [0, 0.1) is 0 Å². The van der Waals surface area contributed by atoms with E-state index in [1.807, 2.05) is 24.3 Å². The van der Waals surface area contributed by atoms with Crippen LogP contribution in [0.2, 0.25) is 0 Å². The number of carbonyl (C=O) groups is 2. The lowest BCUT2D eigenvalue weighted by Crippen LogP contribution is -2.42. The first-order chi connectivity index (χ1) is 8.95. The molecule has 1 N–H and O–H groups in total. The Morgan fingerprint density at radius 1 is 1.37 bits per heavy atom. The Hall–Kier alpha value is -1.01. The zero-order valence-electron chi connectivity index (χ0n) is 10.8. The number of rotatable bonds is 6. The van der Waals surface area contributed by atoms with Gasteiger partial charge in [0.05, 0.1) is 5.75 Å². The summed E-state index contributed by atoms with van der Waals surface area (Å²) in [6.45, 7) is 1.75. The Kier molecular flexibility index (Phi) is 6.37. The van der Waals surface area contributed by atoms with Crippen LogP contribution in [0.1, 0.15) is 13.3 Å². The summed E-state index contributed by atoms with van der Waals surface area (Å²) in [7, 11) is 1.53. The fourth-order valence-electron chi connectivity index (χ4n) is 1.57. The van der Waals surface area contributed by atoms with E-state index in [2.05, 4.69) is 15.9 Å². The van der Waals surface area contributed by atoms with Gasteiger partial charge in [0.2, 0.25) is 5.91 Å². The molecular weight excluding hydrogens is 330 g/mol. The SMILES string of the molecule is CCC(C(=O)O)N(C)C(=O)CSc1ccc(Br)cc1. The van der Waals surface area contributed by atoms with E-state index in [9.17, 15) is 9.59 Å². The first kappa shape index (κ1) is 16.0. The average molecular weight is 346 g/mol. The van der Waals surface area contributed by atoms with E-state index >= 15 is 0 Å². The van der Waals surface area contributed by atoms with Gasteiger partial charge in [-0.05, 0) is 30.7 Å². The van der Waals surface area contributed by atoms with Crippen LogP contribution in [-0.4, -0.2) is 40.7 Å². The summed E-state index contributed by atoms with van der Waals surface area (Å²) < 4.78 is 0.984. The Labute approximate surface area is 125 Å². The minimum absolute atomic E-state index is 0.179. The molecule has 0 bridgehead atoms. The predicted octanol–water partition coefficient (Wildman–Crippen LogP) is 2.86. The van der Waals surface area contributed by atoms with Crippen molar-refractivity contribution in [2.45, 2.75) is 24.3 Å². The molecule has 1 unspecified atom stereocenters. The van der Waals surface area contributed by atoms with Gasteiger partial charge in [-0.2, -0.15) is 0 Å². The second kappa shape index (κ2) is 7.55. The van der Waals surface area contributed by atoms with Crippen molar-refractivity contribution < 1.29 is 14.7 Å². The van der Waals surface area contributed by atoms with E-state index < -0.39 is 12.0 Å². The molecule has 1 amide bonds. The number of carboxylic acid groups (broad SMARTS) is 1. The van der Waals surface area contributed by atoms with E-state index in [1.165, 1.54) is 23.7 Å². The standard InChI is InChI=1S/C13H16BrNO3S/c1-3-11(13(17)18)15(2)12(16)8-19-10-6-4-9(14)5-7-10/h4-7,11H,3,8H2,1-2H3,(H,17,18). The molecule has 0 saturated carbocycles. The van der Waals surface area contributed by atoms with Gasteiger partial charge >= 0.3 is 5.97 Å². The number of carboxylic acids is 1. The summed E-state index contributed by atoms with van der Waals surface area (Å²) in [6, 6.07) is 6.89. The Morgan fingerprint density at radius 3 is 2.42 bits per heavy atom. The van der Waals surface area contributed by atoms with Gasteiger partial charge in [0.1, 0.15) is 6.04 Å². The number of nitrogens with zero attached hydrogens (tertiary/aromatic N) is 1. The Bertz CT molecular complexity index is 450. The number of benzene rings is 1. The molecule has 0 aliphatic carbocycles. The Morgan fingerprint density at radius 2 is 1.95 bits per heavy atom. The van der Waals surface area contributed by atoms with Gasteiger partial charge in [0.15, 0.2) is 0 Å². The molecule has 1 rings (SSSR count). The molecule has 0 aliphatic heterocycles. The van der Waals surface area contributed by atoms with E-state index in [4.69, 9.17) is 5.11 Å². The molecule has 6 heteroatoms. The normalized spacial score (nSPS) is 11.9. The fourth-order valence-corrected chi connectivity index (χ4v) is 2.65. The van der Waals surface area contributed by atoms with Gasteiger partial charge in [0, 0.05) is 16.4 Å². The quantitative estimate of drug-likeness (QED) is 0.805. The summed E-state index contributed by atoms with van der Waals surface area (Å²) >= 11 is 4.74. The molecule has 0 aromatic heterocycles. The molecule has 1 aromatic carbocycles. The number of hydrogen-bond acceptors (Lipinski definition) is 3. The molecule has 0 radical (unpaired) electrons. The van der Waals surface area contributed by atoms with Crippen molar-refractivity contribution in [1.29, 1.82) is 0 Å². The van der Waals surface area contributed by atoms with Gasteiger partial charge in [-0.25, -0.2) is 4.79 Å². The summed E-state index contributed by atoms with van der Waals surface area (Å²) in [5.41, 5.74) is 0. The van der Waals surface area contributed by atoms with Crippen molar-refractivity contribution >= 4 is 39.6 Å². The minimum atomic E-state index is -0.966. The number of halogens is 1. The van der Waals surface area contributed by atoms with Crippen molar-refractivity contribution in [3.8, 4) is 0 Å². The fraction of sp³-hybridized carbons (Fsp3) is 0.385. The van der Waals surface area contributed by atoms with E-state index in [1.54, 1.807) is 6.92 Å². The summed E-state index contributed by atoms with van der Waals surface area (Å²) in [4.78, 5) is 25.2. The third-order valence-corrected chi connectivity index (χ3v) is 4.23. The average Bonchev–Trinajstić information content (AvgIpc) is 2.38. The highest BCUT2D eigenvalue weighted by atomic mass is 79.9. The highest BCUT2D eigenvalue weighted by molar-refractivity contribution is 9.10. The molecule has 0 aliphatic rings. The lowest BCUT2D eigenvalue weighted by molar-refractivity contribution is -0.148. The molecule has 0 spiro atoms. The van der Waals surface area contributed by atoms with Crippen LogP contribution in [0.15, 0.2) is 33.6 Å². The van der Waals surface area contributed by atoms with E-state index in [0.29, 0.717) is 6.42 Å². The lowest BCUT2D eigenvalue weighted by atomic mass is 10.2. The molecule has 0 heterocycles. The maximum absolute atomic E-state index is 11.9. The number of carbonyl (C=O) groups excluding carboxylic acids is 1. The van der Waals surface area contributed by atoms with Crippen LogP contribution >= 0.6 is 27.7 Å². The maximum atomic E-state index is 11.9. The third-order valence-electron chi connectivity index (χ3n) is 2.71. The first-order valence-corrected chi connectivity index (χ1v) is 7.60. The molecule has 1 atom stereocenters. The van der Waals surface area contributed by atoms with Crippen molar-refractivity contribution in [2.24, 2.45) is 0 Å². The topological polar surface area (TPSA) is 57.6 Å². The summed E-state index contributed by atoms with van der Waals surface area (Å²) in [6.07, 6.45) is 0.403. The molecule has 19 heavy (non-hydrogen) atoms. The molecule has 0 fully saturated rings. The number of thioether (sulfide) groups is 1. The zero-order valence-corrected chi connectivity index (χ0v) is 13.2. The smallest absolute Gasteiger partial charge is 0.326 e. The number of hydrogen-bond donors (Lipinski definition) is 1. The second-order valence-electron chi connectivity index (χ2n) is 4.01. The second-order valence-corrected chi connectivity index (χ2v) is 5.97. The van der Waals surface area contributed by atoms with Gasteiger partial charge in [0.25, 0.3) is 0 Å². The van der Waals surface area contributed by atoms with Crippen molar-refractivity contribution in [2.75, 3.05) is 12.8 Å². The van der Waals surface area contributed by atoms with Crippen LogP contribution in [0.4, 0.5) is 0 Å². The van der Waals surface area contributed by atoms with Crippen LogP contribution in [-0.2, 0) is 9.59 Å². The van der Waals surface area contributed by atoms with E-state index in [-0.39, 0.29) is 11.7 Å². The van der Waals surface area contributed by atoms with Crippen molar-refractivity contribution in [1.82, 2.24) is 4.90 Å². The van der Waals surface area contributed by atoms with Crippen LogP contribution in [0.5, 0.6) is 0 Å². The summed E-state index contributed by atoms with van der Waals surface area (Å²) in [5.74, 6) is -0.906. The molecule has 104 valence electrons. The zero-order chi connectivity index (χ0) is 14.4. The lowest BCUT2D eigenvalue weighted by Gasteiger charge is -2.23. The number of aliphatic carboxylic acids is 1. The highest BCUT2D eigenvalue weighted by Gasteiger charge is 2.24. The first-order valence-electron chi connectivity index (χ1n) is 5.82. The van der Waals surface area contributed by atoms with Crippen molar-refractivity contribution in [3.63, 3.8) is 0 Å². The van der Waals surface area contributed by atoms with E-state index in [0.717, 1.165) is 9.37 Å². The monoisotopic (exact) mass is 345 g/mol. The van der Waals surface area contributed by atoms with Crippen LogP contribution < -0.4 is 0 Å². The predicted molar refractivity (Wildman–Crippen MR) is 79.4 cm³/mol. The molecule has 1 aromatic rings. The highest BCUT2D eigenvalue weighted by Crippen LogP contribution is 2.21. The summed E-state index contributed by atoms with van der Waals surface area (Å²) in [5, 5.41) is 9.00. The van der Waals surface area contributed by atoms with Gasteiger partial charge in [-0.1, -0.05) is 22.9 Å². The minimum Gasteiger partial charge on any atom is -0.480 e. The molecular formula is C13H16BrNO3S. The van der Waals surface area contributed by atoms with Gasteiger partial charge < -0.3 is 10.0 Å². The van der Waals surface area contributed by atoms with Crippen LogP contribution in [0.3, 0.4) is 0 Å². The maximum Gasteiger partial charge on any atom is 0.326 e. The van der Waals surface area contributed by atoms with Gasteiger partial charge in [-0.15, -0.1) is 11.8 Å². The van der Waals surface area contributed by atoms with Crippen LogP contribution in [0.25, 0.3) is 0 Å². The van der Waals surface area contributed by atoms with Crippen molar-refractivity contribution in [3.05, 3.63) is 28.7 Å². The largest absolute Gasteiger partial charge is 0.480 e. The number of likely N-dealkylation sites (N-methyl/N-ethyl adjacent to an activating group) is 1.